The van der Waals surface area contributed by atoms with E-state index in [0.717, 1.165) is 0 Å². The SMILES string of the molecule is Cc1ccc(-c2ccc(P)c(C)c2)cc1. The van der Waals surface area contributed by atoms with Crippen molar-refractivity contribution in [1.82, 2.24) is 0 Å². The van der Waals surface area contributed by atoms with Crippen molar-refractivity contribution in [1.29, 1.82) is 0 Å². The summed E-state index contributed by atoms with van der Waals surface area (Å²) in [7, 11) is 2.75. The molecule has 15 heavy (non-hydrogen) atoms. The third-order valence-corrected chi connectivity index (χ3v) is 3.30. The molecule has 2 aromatic rings. The molecule has 1 heteroatoms. The van der Waals surface area contributed by atoms with Crippen molar-refractivity contribution in [3.05, 3.63) is 53.6 Å². The van der Waals surface area contributed by atoms with E-state index >= 15 is 0 Å². The first kappa shape index (κ1) is 10.4. The van der Waals surface area contributed by atoms with E-state index in [2.05, 4.69) is 65.6 Å². The lowest BCUT2D eigenvalue weighted by Crippen LogP contribution is -1.95. The predicted molar refractivity (Wildman–Crippen MR) is 70.7 cm³/mol. The fourth-order valence-electron chi connectivity index (χ4n) is 1.60. The number of benzene rings is 2. The monoisotopic (exact) mass is 214 g/mol. The van der Waals surface area contributed by atoms with Crippen molar-refractivity contribution in [2.24, 2.45) is 0 Å². The Morgan fingerprint density at radius 3 is 2.00 bits per heavy atom. The minimum atomic E-state index is 1.27. The van der Waals surface area contributed by atoms with Crippen molar-refractivity contribution in [3.8, 4) is 11.1 Å². The summed E-state index contributed by atoms with van der Waals surface area (Å²) in [5, 5.41) is 1.27. The van der Waals surface area contributed by atoms with Crippen LogP contribution >= 0.6 is 9.24 Å². The molecule has 1 atom stereocenters. The van der Waals surface area contributed by atoms with Crippen molar-refractivity contribution in [3.63, 3.8) is 0 Å². The number of hydrogen-bond acceptors (Lipinski definition) is 0. The lowest BCUT2D eigenvalue weighted by molar-refractivity contribution is 1.46. The maximum atomic E-state index is 2.75. The molecule has 0 saturated heterocycles. The molecule has 0 N–H and O–H groups in total. The van der Waals surface area contributed by atoms with Gasteiger partial charge in [0.2, 0.25) is 0 Å². The highest BCUT2D eigenvalue weighted by molar-refractivity contribution is 7.27. The first-order chi connectivity index (χ1) is 7.16. The highest BCUT2D eigenvalue weighted by Crippen LogP contribution is 2.20. The van der Waals surface area contributed by atoms with Crippen LogP contribution in [0.1, 0.15) is 11.1 Å². The van der Waals surface area contributed by atoms with Crippen LogP contribution in [0.15, 0.2) is 42.5 Å². The molecular formula is C14H15P. The van der Waals surface area contributed by atoms with Crippen LogP contribution in [-0.4, -0.2) is 0 Å². The fraction of sp³-hybridized carbons (Fsp3) is 0.143. The van der Waals surface area contributed by atoms with E-state index in [0.29, 0.717) is 0 Å². The average Bonchev–Trinajstić information content (AvgIpc) is 2.23. The van der Waals surface area contributed by atoms with Gasteiger partial charge in [0, 0.05) is 0 Å². The van der Waals surface area contributed by atoms with Gasteiger partial charge in [-0.3, -0.25) is 0 Å². The standard InChI is InChI=1S/C14H15P/c1-10-3-5-12(6-4-10)13-7-8-14(15)11(2)9-13/h3-9H,15H2,1-2H3. The minimum absolute atomic E-state index is 1.27. The third kappa shape index (κ3) is 2.27. The van der Waals surface area contributed by atoms with Crippen LogP contribution in [0.2, 0.25) is 0 Å². The summed E-state index contributed by atoms with van der Waals surface area (Å²) in [5.74, 6) is 0. The molecule has 0 saturated carbocycles. The Bertz CT molecular complexity index is 469. The van der Waals surface area contributed by atoms with Gasteiger partial charge in [-0.25, -0.2) is 0 Å². The number of hydrogen-bond donors (Lipinski definition) is 0. The normalized spacial score (nSPS) is 10.3. The minimum Gasteiger partial charge on any atom is -0.105 e. The summed E-state index contributed by atoms with van der Waals surface area (Å²) in [5.41, 5.74) is 5.20. The van der Waals surface area contributed by atoms with E-state index in [1.165, 1.54) is 27.6 Å². The molecule has 0 bridgehead atoms. The molecule has 0 heterocycles. The Morgan fingerprint density at radius 1 is 0.800 bits per heavy atom. The first-order valence-electron chi connectivity index (χ1n) is 5.10. The summed E-state index contributed by atoms with van der Waals surface area (Å²) < 4.78 is 0. The predicted octanol–water partition coefficient (Wildman–Crippen LogP) is 3.47. The van der Waals surface area contributed by atoms with Crippen molar-refractivity contribution in [2.75, 3.05) is 0 Å². The molecule has 0 aliphatic rings. The molecule has 0 fully saturated rings. The molecule has 0 aliphatic carbocycles. The second kappa shape index (κ2) is 4.16. The van der Waals surface area contributed by atoms with Gasteiger partial charge in [-0.05, 0) is 35.8 Å². The first-order valence-corrected chi connectivity index (χ1v) is 5.68. The van der Waals surface area contributed by atoms with Gasteiger partial charge in [0.1, 0.15) is 0 Å². The molecule has 2 rings (SSSR count). The van der Waals surface area contributed by atoms with Gasteiger partial charge in [0.15, 0.2) is 0 Å². The average molecular weight is 214 g/mol. The third-order valence-electron chi connectivity index (χ3n) is 2.65. The van der Waals surface area contributed by atoms with E-state index in [1.807, 2.05) is 0 Å². The summed E-state index contributed by atoms with van der Waals surface area (Å²) in [6.45, 7) is 4.25. The maximum absolute atomic E-state index is 2.75. The largest absolute Gasteiger partial charge is 0.105 e. The van der Waals surface area contributed by atoms with Crippen LogP contribution in [0, 0.1) is 13.8 Å². The highest BCUT2D eigenvalue weighted by Gasteiger charge is 1.99. The summed E-state index contributed by atoms with van der Waals surface area (Å²) >= 11 is 0. The van der Waals surface area contributed by atoms with Crippen LogP contribution in [0.3, 0.4) is 0 Å². The van der Waals surface area contributed by atoms with Gasteiger partial charge in [0.05, 0.1) is 0 Å². The number of rotatable bonds is 1. The van der Waals surface area contributed by atoms with Gasteiger partial charge >= 0.3 is 0 Å². The Labute approximate surface area is 93.5 Å². The maximum Gasteiger partial charge on any atom is -0.0181 e. The topological polar surface area (TPSA) is 0 Å². The lowest BCUT2D eigenvalue weighted by atomic mass is 10.0. The van der Waals surface area contributed by atoms with Gasteiger partial charge in [-0.2, -0.15) is 0 Å². The molecule has 76 valence electrons. The second-order valence-corrected chi connectivity index (χ2v) is 4.56. The summed E-state index contributed by atoms with van der Waals surface area (Å²) in [4.78, 5) is 0. The van der Waals surface area contributed by atoms with Gasteiger partial charge < -0.3 is 0 Å². The van der Waals surface area contributed by atoms with Gasteiger partial charge in [-0.15, -0.1) is 9.24 Å². The Balaban J connectivity index is 2.45. The zero-order valence-corrected chi connectivity index (χ0v) is 10.3. The molecule has 0 aromatic heterocycles. The molecule has 0 radical (unpaired) electrons. The molecule has 0 spiro atoms. The van der Waals surface area contributed by atoms with Crippen LogP contribution < -0.4 is 5.30 Å². The van der Waals surface area contributed by atoms with Crippen molar-refractivity contribution >= 4 is 14.5 Å². The summed E-state index contributed by atoms with van der Waals surface area (Å²) in [6, 6.07) is 15.2. The zero-order valence-electron chi connectivity index (χ0n) is 9.12. The van der Waals surface area contributed by atoms with Crippen molar-refractivity contribution in [2.45, 2.75) is 13.8 Å². The van der Waals surface area contributed by atoms with E-state index in [-0.39, 0.29) is 0 Å². The van der Waals surface area contributed by atoms with Crippen LogP contribution in [0.5, 0.6) is 0 Å². The summed E-state index contributed by atoms with van der Waals surface area (Å²) in [6.07, 6.45) is 0. The van der Waals surface area contributed by atoms with E-state index in [1.54, 1.807) is 0 Å². The second-order valence-electron chi connectivity index (χ2n) is 3.94. The number of aryl methyl sites for hydroxylation is 2. The van der Waals surface area contributed by atoms with E-state index in [4.69, 9.17) is 0 Å². The molecule has 0 aliphatic heterocycles. The van der Waals surface area contributed by atoms with Crippen LogP contribution in [0.25, 0.3) is 11.1 Å². The van der Waals surface area contributed by atoms with E-state index in [9.17, 15) is 0 Å². The van der Waals surface area contributed by atoms with Gasteiger partial charge in [-0.1, -0.05) is 48.0 Å². The fourth-order valence-corrected chi connectivity index (χ4v) is 1.78. The Kier molecular flexibility index (Phi) is 2.88. The van der Waals surface area contributed by atoms with Crippen LogP contribution in [0.4, 0.5) is 0 Å². The van der Waals surface area contributed by atoms with Gasteiger partial charge in [0.25, 0.3) is 0 Å². The zero-order chi connectivity index (χ0) is 10.8. The highest BCUT2D eigenvalue weighted by atomic mass is 31.0. The lowest BCUT2D eigenvalue weighted by Gasteiger charge is -2.05. The molecule has 0 amide bonds. The quantitative estimate of drug-likeness (QED) is 0.638. The smallest absolute Gasteiger partial charge is 0.0181 e. The Hall–Kier alpha value is -1.13. The van der Waals surface area contributed by atoms with Crippen LogP contribution in [-0.2, 0) is 0 Å². The van der Waals surface area contributed by atoms with Crippen molar-refractivity contribution < 1.29 is 0 Å². The van der Waals surface area contributed by atoms with E-state index < -0.39 is 0 Å². The molecular weight excluding hydrogens is 199 g/mol. The Morgan fingerprint density at radius 2 is 1.40 bits per heavy atom. The molecule has 1 unspecified atom stereocenters. The molecule has 0 nitrogen and oxygen atoms in total. The molecule has 2 aromatic carbocycles.